The second kappa shape index (κ2) is 6.71. The van der Waals surface area contributed by atoms with Crippen LogP contribution in [0.25, 0.3) is 0 Å². The fourth-order valence-corrected chi connectivity index (χ4v) is 3.98. The molecular formula is C22H21NO3. The minimum Gasteiger partial charge on any atom is -0.490 e. The first kappa shape index (κ1) is 16.5. The maximum absolute atomic E-state index is 11.3. The Morgan fingerprint density at radius 3 is 2.81 bits per heavy atom. The van der Waals surface area contributed by atoms with E-state index in [0.29, 0.717) is 18.1 Å². The molecule has 0 aromatic heterocycles. The monoisotopic (exact) mass is 347 g/mol. The molecule has 4 heteroatoms. The van der Waals surface area contributed by atoms with Crippen molar-refractivity contribution in [2.75, 3.05) is 11.9 Å². The van der Waals surface area contributed by atoms with Gasteiger partial charge in [-0.15, -0.1) is 0 Å². The molecule has 2 N–H and O–H groups in total. The number of carbonyl (C=O) groups is 1. The van der Waals surface area contributed by atoms with E-state index in [1.807, 2.05) is 18.2 Å². The Morgan fingerprint density at radius 1 is 1.27 bits per heavy atom. The van der Waals surface area contributed by atoms with Gasteiger partial charge in [-0.1, -0.05) is 36.9 Å². The number of benzene rings is 2. The number of hydrogen-bond donors (Lipinski definition) is 2. The summed E-state index contributed by atoms with van der Waals surface area (Å²) < 4.78 is 5.57. The molecule has 4 nitrogen and oxygen atoms in total. The van der Waals surface area contributed by atoms with E-state index in [1.54, 1.807) is 18.2 Å². The van der Waals surface area contributed by atoms with Crippen LogP contribution in [0.2, 0.25) is 0 Å². The summed E-state index contributed by atoms with van der Waals surface area (Å²) in [5, 5.41) is 12.9. The number of carboxylic acid groups (broad SMARTS) is 1. The Morgan fingerprint density at radius 2 is 2.08 bits per heavy atom. The van der Waals surface area contributed by atoms with Crippen molar-refractivity contribution in [3.63, 3.8) is 0 Å². The maximum atomic E-state index is 11.3. The molecule has 2 aliphatic rings. The second-order valence-corrected chi connectivity index (χ2v) is 6.75. The highest BCUT2D eigenvalue weighted by Gasteiger charge is 2.38. The molecule has 0 radical (unpaired) electrons. The topological polar surface area (TPSA) is 58.6 Å². The summed E-state index contributed by atoms with van der Waals surface area (Å²) >= 11 is 0. The van der Waals surface area contributed by atoms with Crippen molar-refractivity contribution in [2.45, 2.75) is 18.4 Å². The Hall–Kier alpha value is -3.01. The van der Waals surface area contributed by atoms with Crippen LogP contribution in [0, 0.1) is 5.92 Å². The van der Waals surface area contributed by atoms with E-state index in [9.17, 15) is 9.90 Å². The molecule has 0 fully saturated rings. The van der Waals surface area contributed by atoms with Crippen molar-refractivity contribution < 1.29 is 14.6 Å². The Labute approximate surface area is 152 Å². The number of anilines is 1. The maximum Gasteiger partial charge on any atom is 0.335 e. The van der Waals surface area contributed by atoms with Crippen LogP contribution in [-0.2, 0) is 0 Å². The third-order valence-corrected chi connectivity index (χ3v) is 5.22. The van der Waals surface area contributed by atoms with Gasteiger partial charge in [-0.3, -0.25) is 0 Å². The van der Waals surface area contributed by atoms with Gasteiger partial charge >= 0.3 is 5.97 Å². The van der Waals surface area contributed by atoms with Gasteiger partial charge in [0.25, 0.3) is 0 Å². The smallest absolute Gasteiger partial charge is 0.335 e. The number of carboxylic acids is 1. The lowest BCUT2D eigenvalue weighted by Gasteiger charge is -2.37. The lowest BCUT2D eigenvalue weighted by Crippen LogP contribution is -2.29. The summed E-state index contributed by atoms with van der Waals surface area (Å²) in [4.78, 5) is 11.3. The Kier molecular flexibility index (Phi) is 4.25. The normalized spacial score (nSPS) is 22.8. The first-order chi connectivity index (χ1) is 12.7. The average molecular weight is 347 g/mol. The molecule has 2 aromatic rings. The van der Waals surface area contributed by atoms with Gasteiger partial charge in [-0.2, -0.15) is 0 Å². The number of aromatic carboxylic acids is 1. The third kappa shape index (κ3) is 2.88. The molecule has 0 saturated heterocycles. The summed E-state index contributed by atoms with van der Waals surface area (Å²) in [5.41, 5.74) is 3.64. The molecular weight excluding hydrogens is 326 g/mol. The number of rotatable bonds is 5. The van der Waals surface area contributed by atoms with Crippen LogP contribution in [0.1, 0.15) is 39.9 Å². The lowest BCUT2D eigenvalue weighted by atomic mass is 9.76. The van der Waals surface area contributed by atoms with E-state index in [2.05, 4.69) is 36.2 Å². The van der Waals surface area contributed by atoms with Crippen molar-refractivity contribution in [1.82, 2.24) is 0 Å². The van der Waals surface area contributed by atoms with Gasteiger partial charge in [-0.25, -0.2) is 4.79 Å². The minimum absolute atomic E-state index is 0.187. The van der Waals surface area contributed by atoms with E-state index in [-0.39, 0.29) is 12.0 Å². The first-order valence-corrected chi connectivity index (χ1v) is 8.81. The number of ether oxygens (including phenoxy) is 1. The zero-order valence-electron chi connectivity index (χ0n) is 14.4. The van der Waals surface area contributed by atoms with Crippen LogP contribution in [0.4, 0.5) is 5.69 Å². The predicted octanol–water partition coefficient (Wildman–Crippen LogP) is 4.78. The number of allylic oxidation sites excluding steroid dienone is 2. The Balaban J connectivity index is 1.65. The molecule has 3 atom stereocenters. The van der Waals surface area contributed by atoms with Crippen LogP contribution in [0.3, 0.4) is 0 Å². The molecule has 132 valence electrons. The van der Waals surface area contributed by atoms with Crippen LogP contribution in [0.5, 0.6) is 5.75 Å². The zero-order valence-corrected chi connectivity index (χ0v) is 14.4. The largest absolute Gasteiger partial charge is 0.490 e. The molecule has 0 spiro atoms. The van der Waals surface area contributed by atoms with Crippen LogP contribution >= 0.6 is 0 Å². The second-order valence-electron chi connectivity index (χ2n) is 6.75. The summed E-state index contributed by atoms with van der Waals surface area (Å²) in [6.45, 7) is 4.16. The van der Waals surface area contributed by atoms with Gasteiger partial charge in [0.15, 0.2) is 0 Å². The van der Waals surface area contributed by atoms with Gasteiger partial charge in [0, 0.05) is 11.6 Å². The summed E-state index contributed by atoms with van der Waals surface area (Å²) in [6, 6.07) is 13.7. The molecule has 0 saturated carbocycles. The van der Waals surface area contributed by atoms with E-state index >= 15 is 0 Å². The van der Waals surface area contributed by atoms with Crippen molar-refractivity contribution in [1.29, 1.82) is 0 Å². The SMILES string of the molecule is C=CCOc1ccc([C@H]2Nc3ccc(C(=O)O)cc3[C@H]3C=CC[C@H]32)cc1. The molecule has 0 unspecified atom stereocenters. The van der Waals surface area contributed by atoms with Crippen LogP contribution in [0.15, 0.2) is 67.3 Å². The molecule has 1 aliphatic heterocycles. The molecule has 0 amide bonds. The van der Waals surface area contributed by atoms with Crippen LogP contribution < -0.4 is 10.1 Å². The molecule has 26 heavy (non-hydrogen) atoms. The summed E-state index contributed by atoms with van der Waals surface area (Å²) in [6.07, 6.45) is 7.13. The quantitative estimate of drug-likeness (QED) is 0.765. The predicted molar refractivity (Wildman–Crippen MR) is 102 cm³/mol. The number of hydrogen-bond acceptors (Lipinski definition) is 3. The van der Waals surface area contributed by atoms with Gasteiger partial charge in [-0.05, 0) is 53.8 Å². The molecule has 1 aliphatic carbocycles. The third-order valence-electron chi connectivity index (χ3n) is 5.22. The van der Waals surface area contributed by atoms with Gasteiger partial charge in [0.1, 0.15) is 12.4 Å². The van der Waals surface area contributed by atoms with Crippen LogP contribution in [-0.4, -0.2) is 17.7 Å². The zero-order chi connectivity index (χ0) is 18.1. The lowest BCUT2D eigenvalue weighted by molar-refractivity contribution is 0.0696. The standard InChI is InChI=1S/C22H21NO3/c1-2-12-26-16-9-6-14(7-10-16)21-18-5-3-4-17(18)19-13-15(22(24)25)8-11-20(19)23-21/h2-4,6-11,13,17-18,21,23H,1,5,12H2,(H,24,25)/t17-,18+,21+/m0/s1. The first-order valence-electron chi connectivity index (χ1n) is 8.81. The minimum atomic E-state index is -0.886. The molecule has 0 bridgehead atoms. The Bertz CT molecular complexity index is 869. The molecule has 1 heterocycles. The van der Waals surface area contributed by atoms with E-state index in [0.717, 1.165) is 23.4 Å². The number of nitrogens with one attached hydrogen (secondary N) is 1. The summed E-state index contributed by atoms with van der Waals surface area (Å²) in [7, 11) is 0. The number of fused-ring (bicyclic) bond motifs is 3. The highest BCUT2D eigenvalue weighted by atomic mass is 16.5. The van der Waals surface area contributed by atoms with Gasteiger partial charge in [0.2, 0.25) is 0 Å². The fourth-order valence-electron chi connectivity index (χ4n) is 3.98. The van der Waals surface area contributed by atoms with E-state index < -0.39 is 5.97 Å². The fraction of sp³-hybridized carbons (Fsp3) is 0.227. The van der Waals surface area contributed by atoms with Crippen molar-refractivity contribution in [3.05, 3.63) is 84.0 Å². The van der Waals surface area contributed by atoms with Gasteiger partial charge < -0.3 is 15.2 Å². The van der Waals surface area contributed by atoms with Gasteiger partial charge in [0.05, 0.1) is 11.6 Å². The highest BCUT2D eigenvalue weighted by Crippen LogP contribution is 2.50. The molecule has 2 aromatic carbocycles. The average Bonchev–Trinajstić information content (AvgIpc) is 3.16. The van der Waals surface area contributed by atoms with Crippen molar-refractivity contribution in [2.24, 2.45) is 5.92 Å². The van der Waals surface area contributed by atoms with E-state index in [4.69, 9.17) is 4.74 Å². The highest BCUT2D eigenvalue weighted by molar-refractivity contribution is 5.89. The van der Waals surface area contributed by atoms with Crippen molar-refractivity contribution >= 4 is 11.7 Å². The van der Waals surface area contributed by atoms with E-state index in [1.165, 1.54) is 5.56 Å². The molecule has 4 rings (SSSR count). The summed E-state index contributed by atoms with van der Waals surface area (Å²) in [5.74, 6) is 0.569. The van der Waals surface area contributed by atoms with Crippen molar-refractivity contribution in [3.8, 4) is 5.75 Å².